The largest absolute Gasteiger partial charge is 0.480 e. The van der Waals surface area contributed by atoms with Gasteiger partial charge in [0.05, 0.1) is 5.70 Å². The number of hydrogen-bond donors (Lipinski definition) is 1. The highest BCUT2D eigenvalue weighted by Crippen LogP contribution is 2.31. The van der Waals surface area contributed by atoms with Crippen molar-refractivity contribution in [1.82, 2.24) is 9.47 Å². The Hall–Kier alpha value is -4.22. The summed E-state index contributed by atoms with van der Waals surface area (Å²) < 4.78 is 2.15. The van der Waals surface area contributed by atoms with E-state index in [4.69, 9.17) is 0 Å². The van der Waals surface area contributed by atoms with Crippen molar-refractivity contribution in [2.75, 3.05) is 13.6 Å². The van der Waals surface area contributed by atoms with Crippen molar-refractivity contribution in [3.05, 3.63) is 119 Å². The molecular formula is C35H37N3O2. The lowest BCUT2D eigenvalue weighted by Crippen LogP contribution is -2.35. The topological polar surface area (TPSA) is 57.8 Å². The summed E-state index contributed by atoms with van der Waals surface area (Å²) in [6.45, 7) is 5.82. The Morgan fingerprint density at radius 3 is 2.38 bits per heavy atom. The number of pyridine rings is 1. The molecule has 40 heavy (non-hydrogen) atoms. The summed E-state index contributed by atoms with van der Waals surface area (Å²) in [5, 5.41) is 9.53. The van der Waals surface area contributed by atoms with E-state index in [1.54, 1.807) is 0 Å². The molecule has 5 heteroatoms. The first-order valence-electron chi connectivity index (χ1n) is 14.1. The highest BCUT2D eigenvalue weighted by atomic mass is 16.4. The molecule has 4 aromatic rings. The van der Waals surface area contributed by atoms with Crippen LogP contribution in [0.25, 0.3) is 28.0 Å². The molecule has 1 aliphatic rings. The van der Waals surface area contributed by atoms with Gasteiger partial charge in [0.2, 0.25) is 0 Å². The highest BCUT2D eigenvalue weighted by Gasteiger charge is 2.30. The number of nitrogens with zero attached hydrogens (tertiary/aromatic N) is 3. The molecule has 5 rings (SSSR count). The molecule has 1 atom stereocenters. The minimum Gasteiger partial charge on any atom is -0.480 e. The number of aromatic nitrogens is 1. The normalized spacial score (nSPS) is 16.4. The lowest BCUT2D eigenvalue weighted by atomic mass is 9.93. The predicted molar refractivity (Wildman–Crippen MR) is 163 cm³/mol. The third-order valence-electron chi connectivity index (χ3n) is 7.83. The van der Waals surface area contributed by atoms with Crippen LogP contribution in [0.5, 0.6) is 0 Å². The number of carboxylic acid groups (broad SMARTS) is 1. The van der Waals surface area contributed by atoms with Crippen molar-refractivity contribution in [2.45, 2.75) is 45.7 Å². The van der Waals surface area contributed by atoms with E-state index in [0.29, 0.717) is 6.54 Å². The maximum atomic E-state index is 11.6. The van der Waals surface area contributed by atoms with Crippen LogP contribution < -0.4 is 5.49 Å². The van der Waals surface area contributed by atoms with Gasteiger partial charge in [-0.2, -0.15) is 0 Å². The van der Waals surface area contributed by atoms with Crippen molar-refractivity contribution >= 4 is 11.7 Å². The maximum Gasteiger partial charge on any atom is 0.320 e. The number of likely N-dealkylation sites (tertiary alicyclic amines) is 1. The lowest BCUT2D eigenvalue weighted by Gasteiger charge is -2.21. The molecule has 1 fully saturated rings. The Labute approximate surface area is 236 Å². The summed E-state index contributed by atoms with van der Waals surface area (Å²) in [4.78, 5) is 18.3. The van der Waals surface area contributed by atoms with E-state index in [-0.39, 0.29) is 6.04 Å². The Morgan fingerprint density at radius 2 is 1.70 bits per heavy atom. The maximum absolute atomic E-state index is 11.6. The molecule has 0 saturated carbocycles. The van der Waals surface area contributed by atoms with Gasteiger partial charge in [-0.25, -0.2) is 0 Å². The Morgan fingerprint density at radius 1 is 0.975 bits per heavy atom. The summed E-state index contributed by atoms with van der Waals surface area (Å²) in [6.07, 6.45) is 6.89. The van der Waals surface area contributed by atoms with E-state index in [0.717, 1.165) is 53.7 Å². The fourth-order valence-corrected chi connectivity index (χ4v) is 5.77. The first kappa shape index (κ1) is 27.4. The van der Waals surface area contributed by atoms with E-state index >= 15 is 0 Å². The molecule has 1 saturated heterocycles. The minimum atomic E-state index is -0.722. The molecule has 3 aromatic carbocycles. The number of rotatable bonds is 8. The number of hydrogen-bond acceptors (Lipinski definition) is 3. The van der Waals surface area contributed by atoms with Gasteiger partial charge in [0.15, 0.2) is 0 Å². The molecule has 0 radical (unpaired) electrons. The average Bonchev–Trinajstić information content (AvgIpc) is 3.45. The third kappa shape index (κ3) is 5.70. The molecule has 2 heterocycles. The van der Waals surface area contributed by atoms with Crippen LogP contribution in [0, 0.1) is 6.92 Å². The number of benzene rings is 3. The zero-order valence-corrected chi connectivity index (χ0v) is 23.5. The van der Waals surface area contributed by atoms with Crippen LogP contribution in [-0.2, 0) is 11.3 Å². The van der Waals surface area contributed by atoms with Crippen LogP contribution >= 0.6 is 0 Å². The molecule has 0 spiro atoms. The first-order valence-corrected chi connectivity index (χ1v) is 14.1. The van der Waals surface area contributed by atoms with E-state index < -0.39 is 5.97 Å². The number of aliphatic carboxylic acids is 1. The monoisotopic (exact) mass is 531 g/mol. The van der Waals surface area contributed by atoms with Crippen LogP contribution in [0.2, 0.25) is 0 Å². The zero-order chi connectivity index (χ0) is 28.1. The van der Waals surface area contributed by atoms with Gasteiger partial charge in [0.25, 0.3) is 0 Å². The van der Waals surface area contributed by atoms with Gasteiger partial charge in [0.1, 0.15) is 11.5 Å². The summed E-state index contributed by atoms with van der Waals surface area (Å²) in [5.74, 6) is -0.722. The first-order chi connectivity index (χ1) is 19.5. The van der Waals surface area contributed by atoms with Crippen LogP contribution in [0.1, 0.15) is 42.9 Å². The smallest absolute Gasteiger partial charge is 0.320 e. The van der Waals surface area contributed by atoms with Crippen LogP contribution in [-0.4, -0.2) is 40.2 Å². The van der Waals surface area contributed by atoms with Gasteiger partial charge in [-0.05, 0) is 83.8 Å². The number of carbonyl (C=O) groups is 1. The Kier molecular flexibility index (Phi) is 8.42. The highest BCUT2D eigenvalue weighted by molar-refractivity contribution is 5.78. The second kappa shape index (κ2) is 12.3. The molecular weight excluding hydrogens is 494 g/mol. The van der Waals surface area contributed by atoms with Gasteiger partial charge in [-0.1, -0.05) is 85.8 Å². The molecule has 1 aliphatic heterocycles. The lowest BCUT2D eigenvalue weighted by molar-refractivity contribution is -0.142. The number of carboxylic acids is 1. The van der Waals surface area contributed by atoms with Gasteiger partial charge in [-0.15, -0.1) is 0 Å². The quantitative estimate of drug-likeness (QED) is 0.266. The Bertz CT molecular complexity index is 1580. The molecule has 0 amide bonds. The zero-order valence-electron chi connectivity index (χ0n) is 23.5. The molecule has 1 unspecified atom stereocenters. The molecule has 0 bridgehead atoms. The molecule has 1 aromatic heterocycles. The molecule has 204 valence electrons. The Balaban J connectivity index is 1.45. The van der Waals surface area contributed by atoms with Gasteiger partial charge in [0, 0.05) is 19.8 Å². The molecule has 0 aliphatic carbocycles. The van der Waals surface area contributed by atoms with Gasteiger partial charge >= 0.3 is 5.97 Å². The molecule has 1 N–H and O–H groups in total. The van der Waals surface area contributed by atoms with Crippen LogP contribution in [0.15, 0.2) is 102 Å². The van der Waals surface area contributed by atoms with E-state index in [9.17, 15) is 9.90 Å². The SMILES string of the molecule is CC/C=C(\c1ccc(CN2CCCC2C(=O)O)cc1)n1ccc(-c2cccc(-c3ccccc3)c2C)cc1=NC. The van der Waals surface area contributed by atoms with Crippen molar-refractivity contribution in [3.8, 4) is 22.3 Å². The van der Waals surface area contributed by atoms with E-state index in [1.807, 2.05) is 13.1 Å². The minimum absolute atomic E-state index is 0.380. The van der Waals surface area contributed by atoms with Gasteiger partial charge in [-0.3, -0.25) is 14.7 Å². The third-order valence-corrected chi connectivity index (χ3v) is 7.83. The standard InChI is InChI=1S/C35H37N3O2/c1-4-10-32(28-18-16-26(17-19-28)24-37-21-9-15-33(37)35(39)40)38-22-20-29(23-34(38)36-3)31-14-8-13-30(25(31)2)27-11-6-5-7-12-27/h5-8,10-14,16-20,22-23,33H,4,9,15,21,24H2,1-3H3,(H,39,40)/b32-10+,36-34?. The fraction of sp³-hybridized carbons (Fsp3) is 0.257. The van der Waals surface area contributed by atoms with Crippen LogP contribution in [0.4, 0.5) is 0 Å². The summed E-state index contributed by atoms with van der Waals surface area (Å²) >= 11 is 0. The van der Waals surface area contributed by atoms with E-state index in [1.165, 1.54) is 22.3 Å². The summed E-state index contributed by atoms with van der Waals surface area (Å²) in [5.41, 5.74) is 10.2. The molecule has 5 nitrogen and oxygen atoms in total. The average molecular weight is 532 g/mol. The van der Waals surface area contributed by atoms with E-state index in [2.05, 4.69) is 119 Å². The van der Waals surface area contributed by atoms with Crippen molar-refractivity contribution in [2.24, 2.45) is 4.99 Å². The van der Waals surface area contributed by atoms with Crippen LogP contribution in [0.3, 0.4) is 0 Å². The summed E-state index contributed by atoms with van der Waals surface area (Å²) in [6, 6.07) is 29.4. The fourth-order valence-electron chi connectivity index (χ4n) is 5.77. The summed E-state index contributed by atoms with van der Waals surface area (Å²) in [7, 11) is 1.84. The number of allylic oxidation sites excluding steroid dienone is 1. The second-order valence-corrected chi connectivity index (χ2v) is 10.4. The van der Waals surface area contributed by atoms with Crippen molar-refractivity contribution in [3.63, 3.8) is 0 Å². The predicted octanol–water partition coefficient (Wildman–Crippen LogP) is 7.01. The van der Waals surface area contributed by atoms with Crippen molar-refractivity contribution in [1.29, 1.82) is 0 Å². The van der Waals surface area contributed by atoms with Crippen molar-refractivity contribution < 1.29 is 9.90 Å². The van der Waals surface area contributed by atoms with Gasteiger partial charge < -0.3 is 9.67 Å². The second-order valence-electron chi connectivity index (χ2n) is 10.4.